The maximum atomic E-state index is 11.1. The van der Waals surface area contributed by atoms with Crippen LogP contribution in [0.5, 0.6) is 0 Å². The van der Waals surface area contributed by atoms with E-state index in [2.05, 4.69) is 23.5 Å². The summed E-state index contributed by atoms with van der Waals surface area (Å²) in [5.74, 6) is 1.12. The van der Waals surface area contributed by atoms with Crippen LogP contribution in [0.2, 0.25) is 13.6 Å². The molecule has 0 aliphatic heterocycles. The Morgan fingerprint density at radius 3 is 2.30 bits per heavy atom. The Balaban J connectivity index is 4.07. The van der Waals surface area contributed by atoms with Gasteiger partial charge >= 0.3 is 7.60 Å². The van der Waals surface area contributed by atoms with E-state index in [-0.39, 0.29) is 6.92 Å². The summed E-state index contributed by atoms with van der Waals surface area (Å²) in [6.07, 6.45) is 0. The van der Waals surface area contributed by atoms with Gasteiger partial charge in [0.25, 0.3) is 6.92 Å². The van der Waals surface area contributed by atoms with Gasteiger partial charge in [0.05, 0.1) is 0 Å². The number of rotatable bonds is 4. The number of thiol groups is 1. The average molecular weight is 180 g/mol. The van der Waals surface area contributed by atoms with E-state index in [1.807, 2.05) is 0 Å². The smallest absolute Gasteiger partial charge is 0.350 e. The molecule has 1 atom stereocenters. The maximum Gasteiger partial charge on any atom is 0.350 e. The molecular formula is C4H10BO3PS. The van der Waals surface area contributed by atoms with Crippen LogP contribution in [0.25, 0.3) is 0 Å². The minimum atomic E-state index is -3.11. The summed E-state index contributed by atoms with van der Waals surface area (Å²) >= 11 is 3.40. The normalized spacial score (nSPS) is 15.9. The van der Waals surface area contributed by atoms with Crippen molar-refractivity contribution in [1.29, 1.82) is 0 Å². The molecule has 0 aromatic rings. The zero-order chi connectivity index (χ0) is 8.20. The summed E-state index contributed by atoms with van der Waals surface area (Å²) in [5, 5.41) is 0. The summed E-state index contributed by atoms with van der Waals surface area (Å²) < 4.78 is 20.3. The Bertz CT molecular complexity index is 161. The van der Waals surface area contributed by atoms with Crippen LogP contribution in [-0.2, 0) is 13.0 Å². The van der Waals surface area contributed by atoms with Crippen molar-refractivity contribution < 1.29 is 13.0 Å². The van der Waals surface area contributed by atoms with E-state index >= 15 is 0 Å². The zero-order valence-corrected chi connectivity index (χ0v) is 7.77. The van der Waals surface area contributed by atoms with E-state index in [0.717, 1.165) is 5.82 Å². The Labute approximate surface area is 67.1 Å². The fourth-order valence-corrected chi connectivity index (χ4v) is 1.48. The van der Waals surface area contributed by atoms with Crippen LogP contribution in [0.3, 0.4) is 0 Å². The fraction of sp³-hybridized carbons (Fsp3) is 0.500. The van der Waals surface area contributed by atoms with E-state index in [1.54, 1.807) is 13.6 Å². The van der Waals surface area contributed by atoms with E-state index in [9.17, 15) is 4.57 Å². The second-order valence-electron chi connectivity index (χ2n) is 1.96. The van der Waals surface area contributed by atoms with Gasteiger partial charge in [-0.05, 0) is 12.9 Å². The van der Waals surface area contributed by atoms with Gasteiger partial charge < -0.3 is 4.44 Å². The molecule has 0 radical (unpaired) electrons. The third kappa shape index (κ3) is 3.47. The first-order chi connectivity index (χ1) is 4.54. The summed E-state index contributed by atoms with van der Waals surface area (Å²) in [7, 11) is -3.11. The molecule has 0 rings (SSSR count). The van der Waals surface area contributed by atoms with Crippen LogP contribution in [0.15, 0.2) is 12.4 Å². The van der Waals surface area contributed by atoms with E-state index in [0.29, 0.717) is 0 Å². The lowest BCUT2D eigenvalue weighted by Gasteiger charge is -2.11. The molecular weight excluding hydrogens is 170 g/mol. The molecule has 0 aliphatic rings. The monoisotopic (exact) mass is 180 g/mol. The third-order valence-corrected chi connectivity index (χ3v) is 2.77. The second kappa shape index (κ2) is 4.24. The standard InChI is InChI=1S/C4H10BO3PS/c1-4-9(6,8-10)7-5(2)3/h4,10H,1H2,2-3H3. The first-order valence-corrected chi connectivity index (χ1v) is 4.76. The first kappa shape index (κ1) is 10.3. The minimum Gasteiger partial charge on any atom is -0.367 e. The molecule has 0 aliphatic carbocycles. The van der Waals surface area contributed by atoms with Crippen LogP contribution in [-0.4, -0.2) is 6.92 Å². The van der Waals surface area contributed by atoms with Crippen molar-refractivity contribution in [3.63, 3.8) is 0 Å². The Hall–Kier alpha value is 0.305. The van der Waals surface area contributed by atoms with Crippen molar-refractivity contribution in [3.05, 3.63) is 12.4 Å². The molecule has 1 unspecified atom stereocenters. The van der Waals surface area contributed by atoms with Crippen molar-refractivity contribution in [2.45, 2.75) is 13.6 Å². The molecule has 0 saturated heterocycles. The summed E-state index contributed by atoms with van der Waals surface area (Å²) in [5.41, 5.74) is 0. The maximum absolute atomic E-state index is 11.1. The lowest BCUT2D eigenvalue weighted by molar-refractivity contribution is 0.428. The highest BCUT2D eigenvalue weighted by atomic mass is 32.1. The van der Waals surface area contributed by atoms with Crippen LogP contribution in [0.4, 0.5) is 0 Å². The van der Waals surface area contributed by atoms with Gasteiger partial charge in [0.2, 0.25) is 0 Å². The molecule has 0 aromatic carbocycles. The van der Waals surface area contributed by atoms with Gasteiger partial charge in [0.15, 0.2) is 0 Å². The van der Waals surface area contributed by atoms with Crippen LogP contribution in [0.1, 0.15) is 0 Å². The van der Waals surface area contributed by atoms with Gasteiger partial charge in [0.1, 0.15) is 0 Å². The summed E-state index contributed by atoms with van der Waals surface area (Å²) in [4.78, 5) is 0. The molecule has 0 bridgehead atoms. The minimum absolute atomic E-state index is 0.156. The first-order valence-electron chi connectivity index (χ1n) is 2.79. The highest BCUT2D eigenvalue weighted by Crippen LogP contribution is 2.50. The quantitative estimate of drug-likeness (QED) is 0.312. The average Bonchev–Trinajstić information content (AvgIpc) is 1.87. The molecule has 6 heteroatoms. The molecule has 0 fully saturated rings. The van der Waals surface area contributed by atoms with Gasteiger partial charge in [-0.2, -0.15) is 0 Å². The van der Waals surface area contributed by atoms with E-state index in [4.69, 9.17) is 4.44 Å². The van der Waals surface area contributed by atoms with Gasteiger partial charge in [-0.1, -0.05) is 20.2 Å². The fourth-order valence-electron chi connectivity index (χ4n) is 0.389. The second-order valence-corrected chi connectivity index (χ2v) is 4.27. The van der Waals surface area contributed by atoms with Crippen molar-refractivity contribution >= 4 is 27.4 Å². The molecule has 0 saturated carbocycles. The third-order valence-electron chi connectivity index (χ3n) is 0.695. The summed E-state index contributed by atoms with van der Waals surface area (Å²) in [6, 6.07) is 0. The molecule has 0 spiro atoms. The molecule has 10 heavy (non-hydrogen) atoms. The Kier molecular flexibility index (Phi) is 4.37. The zero-order valence-electron chi connectivity index (χ0n) is 5.98. The van der Waals surface area contributed by atoms with Crippen LogP contribution >= 0.6 is 20.5 Å². The topological polar surface area (TPSA) is 35.5 Å². The molecule has 0 amide bonds. The molecule has 0 heterocycles. The van der Waals surface area contributed by atoms with Gasteiger partial charge in [0, 0.05) is 5.82 Å². The van der Waals surface area contributed by atoms with Crippen molar-refractivity contribution in [2.24, 2.45) is 0 Å². The summed E-state index contributed by atoms with van der Waals surface area (Å²) in [6.45, 7) is 6.64. The lowest BCUT2D eigenvalue weighted by Crippen LogP contribution is -2.04. The van der Waals surface area contributed by atoms with E-state index in [1.165, 1.54) is 0 Å². The van der Waals surface area contributed by atoms with Gasteiger partial charge in [-0.25, -0.2) is 3.97 Å². The van der Waals surface area contributed by atoms with Crippen molar-refractivity contribution in [3.8, 4) is 0 Å². The molecule has 3 nitrogen and oxygen atoms in total. The SMILES string of the molecule is C=CP(=O)(OS)OB(C)C. The number of hydrogen-bond donors (Lipinski definition) is 1. The largest absolute Gasteiger partial charge is 0.367 e. The Morgan fingerprint density at radius 1 is 1.70 bits per heavy atom. The van der Waals surface area contributed by atoms with Crippen LogP contribution in [0, 0.1) is 0 Å². The van der Waals surface area contributed by atoms with Gasteiger partial charge in [-0.3, -0.25) is 4.57 Å². The number of hydrogen-bond acceptors (Lipinski definition) is 4. The molecule has 58 valence electrons. The van der Waals surface area contributed by atoms with Crippen molar-refractivity contribution in [1.82, 2.24) is 0 Å². The predicted octanol–water partition coefficient (Wildman–Crippen LogP) is 2.45. The lowest BCUT2D eigenvalue weighted by atomic mass is 9.76. The van der Waals surface area contributed by atoms with Gasteiger partial charge in [-0.15, -0.1) is 0 Å². The Morgan fingerprint density at radius 2 is 2.20 bits per heavy atom. The predicted molar refractivity (Wildman–Crippen MR) is 46.4 cm³/mol. The highest BCUT2D eigenvalue weighted by Gasteiger charge is 2.20. The van der Waals surface area contributed by atoms with E-state index < -0.39 is 7.60 Å². The molecule has 0 N–H and O–H groups in total. The highest BCUT2D eigenvalue weighted by molar-refractivity contribution is 7.82. The van der Waals surface area contributed by atoms with Crippen LogP contribution < -0.4 is 0 Å². The van der Waals surface area contributed by atoms with Crippen molar-refractivity contribution in [2.75, 3.05) is 0 Å². The molecule has 0 aromatic heterocycles.